The first-order valence-corrected chi connectivity index (χ1v) is 5.54. The highest BCUT2D eigenvalue weighted by molar-refractivity contribution is 9.11. The van der Waals surface area contributed by atoms with Crippen LogP contribution in [0.4, 0.5) is 0 Å². The number of nitrogens with one attached hydrogen (secondary N) is 1. The molecule has 1 N–H and O–H groups in total. The van der Waals surface area contributed by atoms with Crippen LogP contribution < -0.4 is 5.32 Å². The highest BCUT2D eigenvalue weighted by Gasteiger charge is 2.18. The number of benzene rings is 1. The Labute approximate surface area is 88.8 Å². The van der Waals surface area contributed by atoms with Crippen molar-refractivity contribution in [2.75, 3.05) is 6.54 Å². The third-order valence-corrected chi connectivity index (χ3v) is 3.03. The summed E-state index contributed by atoms with van der Waals surface area (Å²) in [6.07, 6.45) is 1.25. The molecule has 12 heavy (non-hydrogen) atoms. The average molecular weight is 291 g/mol. The van der Waals surface area contributed by atoms with Gasteiger partial charge in [0.2, 0.25) is 0 Å². The van der Waals surface area contributed by atoms with Crippen LogP contribution in [0.1, 0.15) is 18.0 Å². The van der Waals surface area contributed by atoms with Crippen LogP contribution in [0.15, 0.2) is 27.1 Å². The minimum Gasteiger partial charge on any atom is -0.310 e. The minimum atomic E-state index is 0.568. The molecule has 1 fully saturated rings. The molecule has 0 bridgehead atoms. The second-order valence-electron chi connectivity index (χ2n) is 3.00. The molecule has 0 aromatic heterocycles. The summed E-state index contributed by atoms with van der Waals surface area (Å²) in [5.41, 5.74) is 1.36. The zero-order valence-electron chi connectivity index (χ0n) is 6.48. The van der Waals surface area contributed by atoms with Gasteiger partial charge in [-0.15, -0.1) is 0 Å². The molecular formula is C9H9Br2N. The van der Waals surface area contributed by atoms with Crippen molar-refractivity contribution in [1.29, 1.82) is 0 Å². The highest BCUT2D eigenvalue weighted by Crippen LogP contribution is 2.28. The SMILES string of the molecule is Brc1cc(Br)cc([C@@H]2CCN2)c1. The summed E-state index contributed by atoms with van der Waals surface area (Å²) in [7, 11) is 0. The van der Waals surface area contributed by atoms with Crippen LogP contribution in [0.25, 0.3) is 0 Å². The Kier molecular flexibility index (Phi) is 2.53. The van der Waals surface area contributed by atoms with Crippen molar-refractivity contribution in [3.63, 3.8) is 0 Å². The Morgan fingerprint density at radius 1 is 1.17 bits per heavy atom. The first-order valence-electron chi connectivity index (χ1n) is 3.95. The molecule has 1 aromatic rings. The van der Waals surface area contributed by atoms with Gasteiger partial charge in [-0.05, 0) is 36.7 Å². The van der Waals surface area contributed by atoms with E-state index in [2.05, 4.69) is 55.4 Å². The van der Waals surface area contributed by atoms with Gasteiger partial charge in [0.25, 0.3) is 0 Å². The molecule has 1 aliphatic rings. The first-order chi connectivity index (χ1) is 5.75. The molecule has 1 atom stereocenters. The summed E-state index contributed by atoms with van der Waals surface area (Å²) in [5.74, 6) is 0. The van der Waals surface area contributed by atoms with Crippen molar-refractivity contribution in [2.24, 2.45) is 0 Å². The van der Waals surface area contributed by atoms with Gasteiger partial charge < -0.3 is 5.32 Å². The molecule has 0 spiro atoms. The Morgan fingerprint density at radius 3 is 2.17 bits per heavy atom. The van der Waals surface area contributed by atoms with Crippen molar-refractivity contribution in [3.8, 4) is 0 Å². The second-order valence-corrected chi connectivity index (χ2v) is 4.83. The van der Waals surface area contributed by atoms with Crippen molar-refractivity contribution >= 4 is 31.9 Å². The molecule has 1 aliphatic heterocycles. The number of halogens is 2. The Balaban J connectivity index is 2.30. The van der Waals surface area contributed by atoms with E-state index < -0.39 is 0 Å². The van der Waals surface area contributed by atoms with E-state index in [-0.39, 0.29) is 0 Å². The summed E-state index contributed by atoms with van der Waals surface area (Å²) < 4.78 is 2.28. The van der Waals surface area contributed by atoms with Gasteiger partial charge >= 0.3 is 0 Å². The van der Waals surface area contributed by atoms with E-state index in [1.54, 1.807) is 0 Å². The van der Waals surface area contributed by atoms with E-state index in [9.17, 15) is 0 Å². The lowest BCUT2D eigenvalue weighted by atomic mass is 9.98. The smallest absolute Gasteiger partial charge is 0.0333 e. The molecule has 1 aromatic carbocycles. The van der Waals surface area contributed by atoms with Gasteiger partial charge in [0, 0.05) is 15.0 Å². The van der Waals surface area contributed by atoms with E-state index in [0.29, 0.717) is 6.04 Å². The zero-order valence-corrected chi connectivity index (χ0v) is 9.65. The van der Waals surface area contributed by atoms with Crippen molar-refractivity contribution in [3.05, 3.63) is 32.7 Å². The van der Waals surface area contributed by atoms with Gasteiger partial charge in [0.05, 0.1) is 0 Å². The van der Waals surface area contributed by atoms with Crippen LogP contribution in [0.3, 0.4) is 0 Å². The third-order valence-electron chi connectivity index (χ3n) is 2.11. The minimum absolute atomic E-state index is 0.568. The lowest BCUT2D eigenvalue weighted by Gasteiger charge is -2.28. The summed E-state index contributed by atoms with van der Waals surface area (Å²) in [4.78, 5) is 0. The average Bonchev–Trinajstić information content (AvgIpc) is 1.79. The molecule has 1 heterocycles. The van der Waals surface area contributed by atoms with Gasteiger partial charge in [0.15, 0.2) is 0 Å². The number of rotatable bonds is 1. The molecule has 1 nitrogen and oxygen atoms in total. The molecule has 0 saturated carbocycles. The number of hydrogen-bond acceptors (Lipinski definition) is 1. The predicted molar refractivity (Wildman–Crippen MR) is 57.2 cm³/mol. The molecule has 1 saturated heterocycles. The maximum Gasteiger partial charge on any atom is 0.0333 e. The largest absolute Gasteiger partial charge is 0.310 e. The fourth-order valence-electron chi connectivity index (χ4n) is 1.35. The quantitative estimate of drug-likeness (QED) is 0.837. The maximum atomic E-state index is 3.48. The molecule has 0 amide bonds. The van der Waals surface area contributed by atoms with Crippen molar-refractivity contribution < 1.29 is 0 Å². The van der Waals surface area contributed by atoms with E-state index in [0.717, 1.165) is 15.5 Å². The van der Waals surface area contributed by atoms with Gasteiger partial charge in [-0.3, -0.25) is 0 Å². The fourth-order valence-corrected chi connectivity index (χ4v) is 2.68. The van der Waals surface area contributed by atoms with Crippen LogP contribution in [0.2, 0.25) is 0 Å². The lowest BCUT2D eigenvalue weighted by molar-refractivity contribution is 0.383. The van der Waals surface area contributed by atoms with Gasteiger partial charge in [-0.2, -0.15) is 0 Å². The Bertz CT molecular complexity index is 274. The molecule has 3 heteroatoms. The Hall–Kier alpha value is 0.140. The fraction of sp³-hybridized carbons (Fsp3) is 0.333. The van der Waals surface area contributed by atoms with Crippen LogP contribution in [-0.4, -0.2) is 6.54 Å². The summed E-state index contributed by atoms with van der Waals surface area (Å²) in [6, 6.07) is 6.96. The monoisotopic (exact) mass is 289 g/mol. The third kappa shape index (κ3) is 1.73. The highest BCUT2D eigenvalue weighted by atomic mass is 79.9. The normalized spacial score (nSPS) is 22.0. The molecule has 0 radical (unpaired) electrons. The van der Waals surface area contributed by atoms with Crippen molar-refractivity contribution in [1.82, 2.24) is 5.32 Å². The molecule has 2 rings (SSSR count). The van der Waals surface area contributed by atoms with Crippen LogP contribution in [0, 0.1) is 0 Å². The molecule has 64 valence electrons. The maximum absolute atomic E-state index is 3.48. The summed E-state index contributed by atoms with van der Waals surface area (Å²) >= 11 is 6.95. The van der Waals surface area contributed by atoms with Crippen LogP contribution >= 0.6 is 31.9 Å². The molecule has 0 unspecified atom stereocenters. The van der Waals surface area contributed by atoms with Crippen LogP contribution in [0.5, 0.6) is 0 Å². The second kappa shape index (κ2) is 3.48. The number of hydrogen-bond donors (Lipinski definition) is 1. The first kappa shape index (κ1) is 8.73. The predicted octanol–water partition coefficient (Wildman–Crippen LogP) is 3.25. The Morgan fingerprint density at radius 2 is 1.75 bits per heavy atom. The van der Waals surface area contributed by atoms with Gasteiger partial charge in [-0.25, -0.2) is 0 Å². The summed E-state index contributed by atoms with van der Waals surface area (Å²) in [6.45, 7) is 1.15. The van der Waals surface area contributed by atoms with Gasteiger partial charge in [-0.1, -0.05) is 31.9 Å². The van der Waals surface area contributed by atoms with E-state index in [1.807, 2.05) is 0 Å². The zero-order chi connectivity index (χ0) is 8.55. The lowest BCUT2D eigenvalue weighted by Crippen LogP contribution is -2.34. The van der Waals surface area contributed by atoms with Crippen LogP contribution in [-0.2, 0) is 0 Å². The van der Waals surface area contributed by atoms with Gasteiger partial charge in [0.1, 0.15) is 0 Å². The standard InChI is InChI=1S/C9H9Br2N/c10-7-3-6(4-8(11)5-7)9-1-2-12-9/h3-5,9,12H,1-2H2/t9-/m0/s1. The van der Waals surface area contributed by atoms with Crippen molar-refractivity contribution in [2.45, 2.75) is 12.5 Å². The van der Waals surface area contributed by atoms with E-state index in [4.69, 9.17) is 0 Å². The molecular weight excluding hydrogens is 282 g/mol. The topological polar surface area (TPSA) is 12.0 Å². The molecule has 0 aliphatic carbocycles. The van der Waals surface area contributed by atoms with E-state index in [1.165, 1.54) is 12.0 Å². The summed E-state index contributed by atoms with van der Waals surface area (Å²) in [5, 5.41) is 3.37. The van der Waals surface area contributed by atoms with E-state index >= 15 is 0 Å².